The molecule has 15 heavy (non-hydrogen) atoms. The van der Waals surface area contributed by atoms with Gasteiger partial charge in [0.05, 0.1) is 0 Å². The van der Waals surface area contributed by atoms with Crippen LogP contribution in [-0.2, 0) is 6.54 Å². The molecular weight excluding hydrogens is 208 g/mol. The van der Waals surface area contributed by atoms with Gasteiger partial charge in [0, 0.05) is 37.2 Å². The summed E-state index contributed by atoms with van der Waals surface area (Å²) in [4.78, 5) is 2.47. The van der Waals surface area contributed by atoms with Gasteiger partial charge in [-0.1, -0.05) is 29.8 Å². The van der Waals surface area contributed by atoms with Gasteiger partial charge in [-0.2, -0.15) is 0 Å². The largest absolute Gasteiger partial charge is 0.314 e. The lowest BCUT2D eigenvalue weighted by atomic mass is 10.1. The van der Waals surface area contributed by atoms with Crippen LogP contribution in [0.2, 0.25) is 5.02 Å². The fourth-order valence-electron chi connectivity index (χ4n) is 1.96. The summed E-state index contributed by atoms with van der Waals surface area (Å²) < 4.78 is 0. The summed E-state index contributed by atoms with van der Waals surface area (Å²) in [5.41, 5.74) is 1.23. The summed E-state index contributed by atoms with van der Waals surface area (Å²) in [6.07, 6.45) is 0. The quantitative estimate of drug-likeness (QED) is 0.828. The summed E-state index contributed by atoms with van der Waals surface area (Å²) in [6.45, 7) is 6.47. The highest BCUT2D eigenvalue weighted by molar-refractivity contribution is 6.31. The van der Waals surface area contributed by atoms with Gasteiger partial charge in [0.15, 0.2) is 0 Å². The van der Waals surface area contributed by atoms with E-state index in [1.165, 1.54) is 5.56 Å². The molecule has 82 valence electrons. The Balaban J connectivity index is 2.04. The Labute approximate surface area is 96.2 Å². The Kier molecular flexibility index (Phi) is 3.62. The van der Waals surface area contributed by atoms with Crippen LogP contribution in [0.4, 0.5) is 0 Å². The molecule has 0 amide bonds. The smallest absolute Gasteiger partial charge is 0.0451 e. The zero-order valence-electron chi connectivity index (χ0n) is 9.04. The summed E-state index contributed by atoms with van der Waals surface area (Å²) in [7, 11) is 0. The lowest BCUT2D eigenvalue weighted by Crippen LogP contribution is -2.49. The summed E-state index contributed by atoms with van der Waals surface area (Å²) in [5, 5.41) is 4.27. The minimum absolute atomic E-state index is 0.593. The molecular formula is C12H17ClN2. The molecule has 1 aliphatic rings. The Hall–Kier alpha value is -0.570. The van der Waals surface area contributed by atoms with Crippen LogP contribution in [0.15, 0.2) is 24.3 Å². The normalized spacial score (nSPS) is 22.9. The van der Waals surface area contributed by atoms with Crippen molar-refractivity contribution in [3.8, 4) is 0 Å². The van der Waals surface area contributed by atoms with Crippen molar-refractivity contribution >= 4 is 11.6 Å². The van der Waals surface area contributed by atoms with Gasteiger partial charge in [0.1, 0.15) is 0 Å². The van der Waals surface area contributed by atoms with E-state index in [1.807, 2.05) is 18.2 Å². The van der Waals surface area contributed by atoms with Crippen LogP contribution in [0.3, 0.4) is 0 Å². The first kappa shape index (κ1) is 10.9. The number of nitrogens with one attached hydrogen (secondary N) is 1. The van der Waals surface area contributed by atoms with Gasteiger partial charge in [-0.25, -0.2) is 0 Å². The number of hydrogen-bond donors (Lipinski definition) is 1. The third kappa shape index (κ3) is 2.71. The van der Waals surface area contributed by atoms with Crippen LogP contribution >= 0.6 is 11.6 Å². The zero-order chi connectivity index (χ0) is 10.7. The zero-order valence-corrected chi connectivity index (χ0v) is 9.80. The Morgan fingerprint density at radius 2 is 2.27 bits per heavy atom. The minimum Gasteiger partial charge on any atom is -0.314 e. The van der Waals surface area contributed by atoms with Gasteiger partial charge < -0.3 is 5.32 Å². The second-order valence-electron chi connectivity index (χ2n) is 4.12. The van der Waals surface area contributed by atoms with E-state index in [-0.39, 0.29) is 0 Å². The highest BCUT2D eigenvalue weighted by Gasteiger charge is 2.18. The number of benzene rings is 1. The van der Waals surface area contributed by atoms with E-state index in [4.69, 9.17) is 11.6 Å². The summed E-state index contributed by atoms with van der Waals surface area (Å²) in [6, 6.07) is 8.69. The second-order valence-corrected chi connectivity index (χ2v) is 4.52. The van der Waals surface area contributed by atoms with Crippen molar-refractivity contribution in [3.05, 3.63) is 34.9 Å². The van der Waals surface area contributed by atoms with Gasteiger partial charge in [-0.15, -0.1) is 0 Å². The average Bonchev–Trinajstić information content (AvgIpc) is 2.24. The second kappa shape index (κ2) is 4.97. The Morgan fingerprint density at radius 1 is 1.47 bits per heavy atom. The molecule has 1 fully saturated rings. The highest BCUT2D eigenvalue weighted by Crippen LogP contribution is 2.18. The molecule has 1 aromatic carbocycles. The van der Waals surface area contributed by atoms with Gasteiger partial charge in [-0.05, 0) is 18.6 Å². The number of nitrogens with zero attached hydrogens (tertiary/aromatic N) is 1. The van der Waals surface area contributed by atoms with E-state index in [0.29, 0.717) is 6.04 Å². The molecule has 2 nitrogen and oxygen atoms in total. The summed E-state index contributed by atoms with van der Waals surface area (Å²) in [5.74, 6) is 0. The maximum absolute atomic E-state index is 6.15. The molecule has 0 unspecified atom stereocenters. The van der Waals surface area contributed by atoms with E-state index in [9.17, 15) is 0 Å². The van der Waals surface area contributed by atoms with E-state index >= 15 is 0 Å². The number of piperazine rings is 1. The van der Waals surface area contributed by atoms with Crippen molar-refractivity contribution in [1.82, 2.24) is 10.2 Å². The molecule has 3 heteroatoms. The molecule has 1 atom stereocenters. The van der Waals surface area contributed by atoms with Crippen LogP contribution in [0, 0.1) is 0 Å². The first-order valence-corrected chi connectivity index (χ1v) is 5.83. The van der Waals surface area contributed by atoms with Crippen molar-refractivity contribution < 1.29 is 0 Å². The molecule has 1 saturated heterocycles. The molecule has 0 aromatic heterocycles. The van der Waals surface area contributed by atoms with Crippen molar-refractivity contribution in [2.45, 2.75) is 19.5 Å². The SMILES string of the molecule is C[C@H]1CNCCN1Cc1ccccc1Cl. The lowest BCUT2D eigenvalue weighted by molar-refractivity contribution is 0.165. The topological polar surface area (TPSA) is 15.3 Å². The van der Waals surface area contributed by atoms with Crippen molar-refractivity contribution in [3.63, 3.8) is 0 Å². The number of halogens is 1. The first-order chi connectivity index (χ1) is 7.27. The molecule has 0 saturated carbocycles. The van der Waals surface area contributed by atoms with Crippen molar-refractivity contribution in [2.24, 2.45) is 0 Å². The van der Waals surface area contributed by atoms with Gasteiger partial charge in [0.2, 0.25) is 0 Å². The molecule has 1 aliphatic heterocycles. The predicted octanol–water partition coefficient (Wildman–Crippen LogP) is 2.13. The van der Waals surface area contributed by atoms with Crippen LogP contribution in [0.5, 0.6) is 0 Å². The third-order valence-corrected chi connectivity index (χ3v) is 3.34. The molecule has 0 radical (unpaired) electrons. The molecule has 2 rings (SSSR count). The van der Waals surface area contributed by atoms with Crippen LogP contribution in [-0.4, -0.2) is 30.6 Å². The fourth-order valence-corrected chi connectivity index (χ4v) is 2.16. The van der Waals surface area contributed by atoms with E-state index in [1.54, 1.807) is 0 Å². The maximum Gasteiger partial charge on any atom is 0.0451 e. The standard InChI is InChI=1S/C12H17ClN2/c1-10-8-14-6-7-15(10)9-11-4-2-3-5-12(11)13/h2-5,10,14H,6-9H2,1H3/t10-/m0/s1. The van der Waals surface area contributed by atoms with Crippen molar-refractivity contribution in [2.75, 3.05) is 19.6 Å². The molecule has 1 aromatic rings. The first-order valence-electron chi connectivity index (χ1n) is 5.45. The molecule has 0 aliphatic carbocycles. The molecule has 0 bridgehead atoms. The lowest BCUT2D eigenvalue weighted by Gasteiger charge is -2.34. The average molecular weight is 225 g/mol. The van der Waals surface area contributed by atoms with Gasteiger partial charge in [0.25, 0.3) is 0 Å². The van der Waals surface area contributed by atoms with Gasteiger partial charge in [-0.3, -0.25) is 4.90 Å². The van der Waals surface area contributed by atoms with E-state index < -0.39 is 0 Å². The maximum atomic E-state index is 6.15. The van der Waals surface area contributed by atoms with Crippen molar-refractivity contribution in [1.29, 1.82) is 0 Å². The fraction of sp³-hybridized carbons (Fsp3) is 0.500. The predicted molar refractivity (Wildman–Crippen MR) is 64.2 cm³/mol. The molecule has 1 N–H and O–H groups in total. The molecule has 1 heterocycles. The summed E-state index contributed by atoms with van der Waals surface area (Å²) >= 11 is 6.15. The Bertz CT molecular complexity index is 327. The van der Waals surface area contributed by atoms with E-state index in [0.717, 1.165) is 31.2 Å². The van der Waals surface area contributed by atoms with E-state index in [2.05, 4.69) is 23.2 Å². The monoisotopic (exact) mass is 224 g/mol. The number of rotatable bonds is 2. The number of hydrogen-bond acceptors (Lipinski definition) is 2. The minimum atomic E-state index is 0.593. The third-order valence-electron chi connectivity index (χ3n) is 2.97. The highest BCUT2D eigenvalue weighted by atomic mass is 35.5. The van der Waals surface area contributed by atoms with Crippen LogP contribution in [0.25, 0.3) is 0 Å². The van der Waals surface area contributed by atoms with Crippen LogP contribution < -0.4 is 5.32 Å². The molecule has 0 spiro atoms. The van der Waals surface area contributed by atoms with Gasteiger partial charge >= 0.3 is 0 Å². The van der Waals surface area contributed by atoms with Crippen LogP contribution in [0.1, 0.15) is 12.5 Å². The Morgan fingerprint density at radius 3 is 3.00 bits per heavy atom.